The van der Waals surface area contributed by atoms with E-state index in [1.807, 2.05) is 33.8 Å². The van der Waals surface area contributed by atoms with Gasteiger partial charge in [-0.25, -0.2) is 4.79 Å². The maximum Gasteiger partial charge on any atom is 0.407 e. The van der Waals surface area contributed by atoms with Gasteiger partial charge in [-0.2, -0.15) is 0 Å². The minimum Gasteiger partial charge on any atom is -0.444 e. The highest BCUT2D eigenvalue weighted by atomic mass is 16.6. The van der Waals surface area contributed by atoms with Gasteiger partial charge in [0.05, 0.1) is 0 Å². The van der Waals surface area contributed by atoms with Gasteiger partial charge in [0, 0.05) is 12.6 Å². The number of carbonyl (C=O) groups excluding carboxylic acids is 1. The van der Waals surface area contributed by atoms with Gasteiger partial charge in [0.25, 0.3) is 0 Å². The van der Waals surface area contributed by atoms with E-state index in [4.69, 9.17) is 4.74 Å². The number of nitrogens with one attached hydrogen (secondary N) is 2. The second-order valence-electron chi connectivity index (χ2n) is 4.76. The molecule has 16 heavy (non-hydrogen) atoms. The highest BCUT2D eigenvalue weighted by molar-refractivity contribution is 5.67. The third-order valence-electron chi connectivity index (χ3n) is 1.84. The Balaban J connectivity index is 3.45. The van der Waals surface area contributed by atoms with Gasteiger partial charge in [-0.15, -0.1) is 6.58 Å². The van der Waals surface area contributed by atoms with Crippen LogP contribution in [-0.4, -0.2) is 30.8 Å². The lowest BCUT2D eigenvalue weighted by molar-refractivity contribution is 0.0527. The molecule has 0 aliphatic rings. The minimum absolute atomic E-state index is 0.307. The first-order chi connectivity index (χ1) is 7.35. The summed E-state index contributed by atoms with van der Waals surface area (Å²) in [5.74, 6) is 0. The van der Waals surface area contributed by atoms with Crippen molar-refractivity contribution in [2.24, 2.45) is 0 Å². The fraction of sp³-hybridized carbons (Fsp3) is 0.750. The Morgan fingerprint density at radius 1 is 1.44 bits per heavy atom. The van der Waals surface area contributed by atoms with Gasteiger partial charge < -0.3 is 15.4 Å². The largest absolute Gasteiger partial charge is 0.444 e. The van der Waals surface area contributed by atoms with Crippen LogP contribution in [0.3, 0.4) is 0 Å². The third-order valence-corrected chi connectivity index (χ3v) is 1.84. The molecule has 0 rings (SSSR count). The number of carbonyl (C=O) groups is 1. The number of ether oxygens (including phenoxy) is 1. The zero-order chi connectivity index (χ0) is 12.6. The molecule has 0 heterocycles. The van der Waals surface area contributed by atoms with Crippen molar-refractivity contribution in [1.29, 1.82) is 0 Å². The zero-order valence-electron chi connectivity index (χ0n) is 10.8. The predicted octanol–water partition coefficient (Wildman–Crippen LogP) is 2.07. The smallest absolute Gasteiger partial charge is 0.407 e. The molecule has 0 aromatic rings. The van der Waals surface area contributed by atoms with Gasteiger partial charge in [-0.1, -0.05) is 6.08 Å². The average Bonchev–Trinajstić information content (AvgIpc) is 2.14. The summed E-state index contributed by atoms with van der Waals surface area (Å²) in [5.41, 5.74) is -0.431. The number of hydrogen-bond donors (Lipinski definition) is 2. The average molecular weight is 228 g/mol. The molecule has 0 radical (unpaired) electrons. The van der Waals surface area contributed by atoms with E-state index in [0.29, 0.717) is 12.6 Å². The molecule has 0 aromatic heterocycles. The lowest BCUT2D eigenvalue weighted by Crippen LogP contribution is -2.34. The van der Waals surface area contributed by atoms with Gasteiger partial charge in [0.15, 0.2) is 0 Å². The molecule has 1 atom stereocenters. The Labute approximate surface area is 98.4 Å². The van der Waals surface area contributed by atoms with Crippen molar-refractivity contribution in [3.8, 4) is 0 Å². The van der Waals surface area contributed by atoms with Gasteiger partial charge >= 0.3 is 6.09 Å². The van der Waals surface area contributed by atoms with E-state index in [2.05, 4.69) is 17.2 Å². The molecule has 1 unspecified atom stereocenters. The predicted molar refractivity (Wildman–Crippen MR) is 66.5 cm³/mol. The molecule has 4 nitrogen and oxygen atoms in total. The van der Waals surface area contributed by atoms with Crippen LogP contribution in [0.2, 0.25) is 0 Å². The topological polar surface area (TPSA) is 50.4 Å². The zero-order valence-corrected chi connectivity index (χ0v) is 10.8. The van der Waals surface area contributed by atoms with Crippen LogP contribution in [0.15, 0.2) is 12.7 Å². The lowest BCUT2D eigenvalue weighted by atomic mass is 10.2. The summed E-state index contributed by atoms with van der Waals surface area (Å²) < 4.78 is 5.10. The van der Waals surface area contributed by atoms with Gasteiger partial charge in [0.1, 0.15) is 5.60 Å². The molecule has 0 bridgehead atoms. The summed E-state index contributed by atoms with van der Waals surface area (Å²) in [6.45, 7) is 12.7. The van der Waals surface area contributed by atoms with Crippen molar-refractivity contribution in [2.45, 2.75) is 45.8 Å². The molecule has 0 aromatic carbocycles. The van der Waals surface area contributed by atoms with Crippen LogP contribution in [0.4, 0.5) is 4.79 Å². The second-order valence-corrected chi connectivity index (χ2v) is 4.76. The van der Waals surface area contributed by atoms with Crippen molar-refractivity contribution >= 4 is 6.09 Å². The maximum atomic E-state index is 11.2. The molecule has 94 valence electrons. The Hall–Kier alpha value is -1.03. The molecule has 2 N–H and O–H groups in total. The van der Waals surface area contributed by atoms with E-state index in [0.717, 1.165) is 13.0 Å². The first-order valence-corrected chi connectivity index (χ1v) is 5.68. The maximum absolute atomic E-state index is 11.2. The van der Waals surface area contributed by atoms with E-state index in [1.165, 1.54) is 0 Å². The summed E-state index contributed by atoms with van der Waals surface area (Å²) in [6, 6.07) is 0.307. The summed E-state index contributed by atoms with van der Waals surface area (Å²) in [7, 11) is 0. The van der Waals surface area contributed by atoms with E-state index < -0.39 is 5.60 Å². The first-order valence-electron chi connectivity index (χ1n) is 5.68. The van der Waals surface area contributed by atoms with Crippen LogP contribution in [0.1, 0.15) is 34.1 Å². The monoisotopic (exact) mass is 228 g/mol. The quantitative estimate of drug-likeness (QED) is 0.540. The fourth-order valence-electron chi connectivity index (χ4n) is 1.01. The molecule has 0 fully saturated rings. The van der Waals surface area contributed by atoms with Crippen molar-refractivity contribution in [2.75, 3.05) is 13.1 Å². The van der Waals surface area contributed by atoms with Gasteiger partial charge in [0.2, 0.25) is 0 Å². The SMILES string of the molecule is C=CC(C)NCCCNC(=O)OC(C)(C)C. The summed E-state index contributed by atoms with van der Waals surface area (Å²) >= 11 is 0. The molecule has 1 amide bonds. The van der Waals surface area contributed by atoms with Crippen molar-refractivity contribution in [1.82, 2.24) is 10.6 Å². The number of hydrogen-bond acceptors (Lipinski definition) is 3. The Kier molecular flexibility index (Phi) is 6.81. The van der Waals surface area contributed by atoms with Crippen LogP contribution in [0.5, 0.6) is 0 Å². The Morgan fingerprint density at radius 3 is 2.56 bits per heavy atom. The molecule has 0 aliphatic heterocycles. The highest BCUT2D eigenvalue weighted by Gasteiger charge is 2.15. The first kappa shape index (κ1) is 15.0. The Bertz CT molecular complexity index is 222. The third kappa shape index (κ3) is 9.52. The summed E-state index contributed by atoms with van der Waals surface area (Å²) in [5, 5.41) is 5.95. The number of amides is 1. The fourth-order valence-corrected chi connectivity index (χ4v) is 1.01. The number of alkyl carbamates (subject to hydrolysis) is 1. The molecule has 0 saturated carbocycles. The van der Waals surface area contributed by atoms with Crippen LogP contribution >= 0.6 is 0 Å². The van der Waals surface area contributed by atoms with Crippen LogP contribution < -0.4 is 10.6 Å². The summed E-state index contributed by atoms with van der Waals surface area (Å²) in [4.78, 5) is 11.2. The highest BCUT2D eigenvalue weighted by Crippen LogP contribution is 2.06. The van der Waals surface area contributed by atoms with Crippen LogP contribution in [0.25, 0.3) is 0 Å². The van der Waals surface area contributed by atoms with E-state index in [-0.39, 0.29) is 6.09 Å². The van der Waals surface area contributed by atoms with E-state index in [1.54, 1.807) is 0 Å². The molecular weight excluding hydrogens is 204 g/mol. The van der Waals surface area contributed by atoms with Gasteiger partial charge in [-0.3, -0.25) is 0 Å². The van der Waals surface area contributed by atoms with E-state index in [9.17, 15) is 4.79 Å². The second kappa shape index (κ2) is 7.28. The van der Waals surface area contributed by atoms with Crippen molar-refractivity contribution in [3.05, 3.63) is 12.7 Å². The van der Waals surface area contributed by atoms with Crippen molar-refractivity contribution in [3.63, 3.8) is 0 Å². The van der Waals surface area contributed by atoms with Gasteiger partial charge in [-0.05, 0) is 40.7 Å². The molecule has 0 aliphatic carbocycles. The standard InChI is InChI=1S/C12H24N2O2/c1-6-10(2)13-8-7-9-14-11(15)16-12(3,4)5/h6,10,13H,1,7-9H2,2-5H3,(H,14,15). The van der Waals surface area contributed by atoms with Crippen molar-refractivity contribution < 1.29 is 9.53 Å². The molecule has 0 saturated heterocycles. The lowest BCUT2D eigenvalue weighted by Gasteiger charge is -2.19. The normalized spacial score (nSPS) is 13.0. The van der Waals surface area contributed by atoms with Crippen LogP contribution in [0, 0.1) is 0 Å². The van der Waals surface area contributed by atoms with Crippen LogP contribution in [-0.2, 0) is 4.74 Å². The number of rotatable bonds is 6. The minimum atomic E-state index is -0.431. The molecule has 4 heteroatoms. The van der Waals surface area contributed by atoms with E-state index >= 15 is 0 Å². The molecular formula is C12H24N2O2. The summed E-state index contributed by atoms with van der Waals surface area (Å²) in [6.07, 6.45) is 2.36. The molecule has 0 spiro atoms. The Morgan fingerprint density at radius 2 is 2.06 bits per heavy atom.